The number of anilines is 1. The van der Waals surface area contributed by atoms with Gasteiger partial charge in [0, 0.05) is 18.3 Å². The Balaban J connectivity index is 1.92. The van der Waals surface area contributed by atoms with Gasteiger partial charge in [-0.15, -0.1) is 0 Å². The highest BCUT2D eigenvalue weighted by Crippen LogP contribution is 2.15. The van der Waals surface area contributed by atoms with E-state index in [9.17, 15) is 4.79 Å². The second-order valence-electron chi connectivity index (χ2n) is 4.36. The molecule has 0 bridgehead atoms. The molecule has 2 rings (SSSR count). The Hall–Kier alpha value is -1.55. The first-order valence-electron chi connectivity index (χ1n) is 6.41. The third kappa shape index (κ3) is 3.47. The molecule has 4 heteroatoms. The summed E-state index contributed by atoms with van der Waals surface area (Å²) in [5.74, 6) is -0.273. The van der Waals surface area contributed by atoms with Crippen LogP contribution in [0.4, 0.5) is 5.69 Å². The van der Waals surface area contributed by atoms with Crippen LogP contribution in [0.3, 0.4) is 0 Å². The van der Waals surface area contributed by atoms with Crippen LogP contribution in [0.2, 0.25) is 0 Å². The minimum absolute atomic E-state index is 0.273. The van der Waals surface area contributed by atoms with Crippen molar-refractivity contribution < 1.29 is 14.3 Å². The van der Waals surface area contributed by atoms with Gasteiger partial charge in [-0.25, -0.2) is 4.79 Å². The van der Waals surface area contributed by atoms with Crippen LogP contribution in [0.1, 0.15) is 30.1 Å². The zero-order valence-corrected chi connectivity index (χ0v) is 10.6. The van der Waals surface area contributed by atoms with E-state index in [4.69, 9.17) is 9.47 Å². The molecule has 1 aromatic carbocycles. The lowest BCUT2D eigenvalue weighted by molar-refractivity contribution is 0.0526. The quantitative estimate of drug-likeness (QED) is 0.833. The van der Waals surface area contributed by atoms with Crippen molar-refractivity contribution >= 4 is 11.7 Å². The van der Waals surface area contributed by atoms with Gasteiger partial charge in [-0.05, 0) is 44.0 Å². The van der Waals surface area contributed by atoms with E-state index in [-0.39, 0.29) is 5.97 Å². The second kappa shape index (κ2) is 6.40. The number of rotatable bonds is 4. The first-order valence-corrected chi connectivity index (χ1v) is 6.41. The molecule has 4 nitrogen and oxygen atoms in total. The van der Waals surface area contributed by atoms with Gasteiger partial charge in [0.15, 0.2) is 0 Å². The smallest absolute Gasteiger partial charge is 0.338 e. The van der Waals surface area contributed by atoms with E-state index in [1.165, 1.54) is 0 Å². The second-order valence-corrected chi connectivity index (χ2v) is 4.36. The number of nitrogens with one attached hydrogen (secondary N) is 1. The molecule has 1 fully saturated rings. The summed E-state index contributed by atoms with van der Waals surface area (Å²) in [5, 5.41) is 3.40. The predicted molar refractivity (Wildman–Crippen MR) is 69.9 cm³/mol. The Kier molecular flexibility index (Phi) is 4.59. The summed E-state index contributed by atoms with van der Waals surface area (Å²) >= 11 is 0. The molecule has 1 atom stereocenters. The highest BCUT2D eigenvalue weighted by atomic mass is 16.5. The van der Waals surface area contributed by atoms with Crippen LogP contribution in [0, 0.1) is 0 Å². The summed E-state index contributed by atoms with van der Waals surface area (Å²) < 4.78 is 10.3. The van der Waals surface area contributed by atoms with Crippen LogP contribution in [0.15, 0.2) is 24.3 Å². The standard InChI is InChI=1S/C14H19NO3/c1-2-18-14(16)11-5-7-12(8-6-11)15-13-4-3-9-17-10-13/h5-8,13,15H,2-4,9-10H2,1H3. The molecule has 98 valence electrons. The summed E-state index contributed by atoms with van der Waals surface area (Å²) in [7, 11) is 0. The van der Waals surface area contributed by atoms with E-state index < -0.39 is 0 Å². The summed E-state index contributed by atoms with van der Waals surface area (Å²) in [6.45, 7) is 3.81. The lowest BCUT2D eigenvalue weighted by Gasteiger charge is -2.24. The SMILES string of the molecule is CCOC(=O)c1ccc(NC2CCCOC2)cc1. The van der Waals surface area contributed by atoms with Gasteiger partial charge in [0.1, 0.15) is 0 Å². The van der Waals surface area contributed by atoms with Gasteiger partial charge < -0.3 is 14.8 Å². The number of ether oxygens (including phenoxy) is 2. The molecule has 0 amide bonds. The van der Waals surface area contributed by atoms with Crippen LogP contribution < -0.4 is 5.32 Å². The molecule has 0 saturated carbocycles. The fraction of sp³-hybridized carbons (Fsp3) is 0.500. The molecule has 1 saturated heterocycles. The van der Waals surface area contributed by atoms with Crippen molar-refractivity contribution in [2.24, 2.45) is 0 Å². The number of esters is 1. The van der Waals surface area contributed by atoms with Crippen molar-refractivity contribution in [2.75, 3.05) is 25.1 Å². The fourth-order valence-corrected chi connectivity index (χ4v) is 2.01. The maximum atomic E-state index is 11.5. The van der Waals surface area contributed by atoms with Crippen molar-refractivity contribution in [3.05, 3.63) is 29.8 Å². The van der Waals surface area contributed by atoms with Crippen LogP contribution in [-0.4, -0.2) is 31.8 Å². The van der Waals surface area contributed by atoms with Gasteiger partial charge in [0.05, 0.1) is 18.8 Å². The molecule has 1 aliphatic heterocycles. The van der Waals surface area contributed by atoms with E-state index in [1.807, 2.05) is 12.1 Å². The molecule has 18 heavy (non-hydrogen) atoms. The minimum Gasteiger partial charge on any atom is -0.462 e. The molecule has 0 radical (unpaired) electrons. The Morgan fingerprint density at radius 1 is 1.44 bits per heavy atom. The molecule has 1 heterocycles. The third-order valence-electron chi connectivity index (χ3n) is 2.93. The summed E-state index contributed by atoms with van der Waals surface area (Å²) in [4.78, 5) is 11.5. The van der Waals surface area contributed by atoms with Crippen LogP contribution in [0.25, 0.3) is 0 Å². The first kappa shape index (κ1) is 12.9. The average molecular weight is 249 g/mol. The summed E-state index contributed by atoms with van der Waals surface area (Å²) in [6.07, 6.45) is 2.22. The van der Waals surface area contributed by atoms with E-state index in [2.05, 4.69) is 5.32 Å². The molecule has 0 spiro atoms. The monoisotopic (exact) mass is 249 g/mol. The number of benzene rings is 1. The van der Waals surface area contributed by atoms with E-state index in [1.54, 1.807) is 19.1 Å². The topological polar surface area (TPSA) is 47.6 Å². The van der Waals surface area contributed by atoms with Crippen LogP contribution in [0.5, 0.6) is 0 Å². The van der Waals surface area contributed by atoms with Gasteiger partial charge in [-0.1, -0.05) is 0 Å². The van der Waals surface area contributed by atoms with E-state index in [0.717, 1.165) is 31.7 Å². The molecule has 0 aliphatic carbocycles. The Morgan fingerprint density at radius 3 is 2.83 bits per heavy atom. The Labute approximate surface area is 107 Å². The average Bonchev–Trinajstić information content (AvgIpc) is 2.41. The maximum Gasteiger partial charge on any atom is 0.338 e. The van der Waals surface area contributed by atoms with Gasteiger partial charge in [-0.3, -0.25) is 0 Å². The molecule has 0 aromatic heterocycles. The lowest BCUT2D eigenvalue weighted by atomic mass is 10.1. The summed E-state index contributed by atoms with van der Waals surface area (Å²) in [6, 6.07) is 7.74. The Morgan fingerprint density at radius 2 is 2.22 bits per heavy atom. The normalized spacial score (nSPS) is 19.3. The van der Waals surface area contributed by atoms with Crippen molar-refractivity contribution in [3.8, 4) is 0 Å². The summed E-state index contributed by atoms with van der Waals surface area (Å²) in [5.41, 5.74) is 1.60. The predicted octanol–water partition coefficient (Wildman–Crippen LogP) is 2.45. The van der Waals surface area contributed by atoms with Gasteiger partial charge >= 0.3 is 5.97 Å². The van der Waals surface area contributed by atoms with E-state index >= 15 is 0 Å². The number of carbonyl (C=O) groups excluding carboxylic acids is 1. The molecule has 1 unspecified atom stereocenters. The largest absolute Gasteiger partial charge is 0.462 e. The number of hydrogen-bond donors (Lipinski definition) is 1. The molecular formula is C14H19NO3. The highest BCUT2D eigenvalue weighted by molar-refractivity contribution is 5.89. The van der Waals surface area contributed by atoms with Gasteiger partial charge in [0.25, 0.3) is 0 Å². The van der Waals surface area contributed by atoms with Crippen LogP contribution >= 0.6 is 0 Å². The van der Waals surface area contributed by atoms with Gasteiger partial charge in [-0.2, -0.15) is 0 Å². The first-order chi connectivity index (χ1) is 8.79. The fourth-order valence-electron chi connectivity index (χ4n) is 2.01. The lowest BCUT2D eigenvalue weighted by Crippen LogP contribution is -2.29. The van der Waals surface area contributed by atoms with Gasteiger partial charge in [0.2, 0.25) is 0 Å². The van der Waals surface area contributed by atoms with Crippen molar-refractivity contribution in [1.82, 2.24) is 0 Å². The van der Waals surface area contributed by atoms with Crippen molar-refractivity contribution in [1.29, 1.82) is 0 Å². The third-order valence-corrected chi connectivity index (χ3v) is 2.93. The molecular weight excluding hydrogens is 230 g/mol. The zero-order valence-electron chi connectivity index (χ0n) is 10.6. The van der Waals surface area contributed by atoms with Crippen molar-refractivity contribution in [3.63, 3.8) is 0 Å². The van der Waals surface area contributed by atoms with Crippen LogP contribution in [-0.2, 0) is 9.47 Å². The molecule has 1 aromatic rings. The number of carbonyl (C=O) groups is 1. The minimum atomic E-state index is -0.273. The van der Waals surface area contributed by atoms with E-state index in [0.29, 0.717) is 18.2 Å². The maximum absolute atomic E-state index is 11.5. The molecule has 1 N–H and O–H groups in total. The Bertz CT molecular complexity index is 383. The zero-order chi connectivity index (χ0) is 12.8. The highest BCUT2D eigenvalue weighted by Gasteiger charge is 2.13. The van der Waals surface area contributed by atoms with Crippen molar-refractivity contribution in [2.45, 2.75) is 25.8 Å². The number of hydrogen-bond acceptors (Lipinski definition) is 4. The molecule has 1 aliphatic rings.